The van der Waals surface area contributed by atoms with Crippen molar-refractivity contribution in [3.63, 3.8) is 0 Å². The second kappa shape index (κ2) is 7.99. The van der Waals surface area contributed by atoms with Gasteiger partial charge in [0.1, 0.15) is 0 Å². The summed E-state index contributed by atoms with van der Waals surface area (Å²) in [5, 5.41) is 5.01. The van der Waals surface area contributed by atoms with Crippen LogP contribution in [-0.4, -0.2) is 35.8 Å². The minimum Gasteiger partial charge on any atom is -0.334 e. The molecule has 0 radical (unpaired) electrons. The molecule has 0 saturated carbocycles. The summed E-state index contributed by atoms with van der Waals surface area (Å²) in [7, 11) is 0. The van der Waals surface area contributed by atoms with Crippen LogP contribution in [0.1, 0.15) is 39.3 Å². The Labute approximate surface area is 155 Å². The van der Waals surface area contributed by atoms with E-state index in [4.69, 9.17) is 17.3 Å². The van der Waals surface area contributed by atoms with Gasteiger partial charge in [0.05, 0.1) is 15.6 Å². The van der Waals surface area contributed by atoms with E-state index >= 15 is 0 Å². The monoisotopic (exact) mass is 377 g/mol. The van der Waals surface area contributed by atoms with Crippen LogP contribution in [0.15, 0.2) is 35.7 Å². The second-order valence-corrected chi connectivity index (χ2v) is 7.36. The van der Waals surface area contributed by atoms with E-state index < -0.39 is 0 Å². The molecule has 2 aromatic rings. The minimum absolute atomic E-state index is 0.0705. The van der Waals surface area contributed by atoms with Crippen molar-refractivity contribution in [1.82, 2.24) is 4.90 Å². The Morgan fingerprint density at radius 1 is 1.32 bits per heavy atom. The van der Waals surface area contributed by atoms with E-state index in [1.54, 1.807) is 24.3 Å². The van der Waals surface area contributed by atoms with E-state index in [9.17, 15) is 9.59 Å². The Balaban J connectivity index is 1.81. The zero-order chi connectivity index (χ0) is 17.8. The summed E-state index contributed by atoms with van der Waals surface area (Å²) >= 11 is 7.54. The molecule has 1 atom stereocenters. The van der Waals surface area contributed by atoms with Gasteiger partial charge in [0, 0.05) is 24.7 Å². The van der Waals surface area contributed by atoms with E-state index in [1.807, 2.05) is 16.3 Å². The van der Waals surface area contributed by atoms with Gasteiger partial charge in [-0.25, -0.2) is 0 Å². The molecule has 1 aliphatic heterocycles. The number of benzene rings is 1. The van der Waals surface area contributed by atoms with Crippen LogP contribution in [0.2, 0.25) is 5.02 Å². The number of piperidine rings is 1. The molecular weight excluding hydrogens is 358 g/mol. The number of rotatable bonds is 4. The predicted molar refractivity (Wildman–Crippen MR) is 101 cm³/mol. The molecule has 0 aliphatic carbocycles. The van der Waals surface area contributed by atoms with Gasteiger partial charge in [-0.3, -0.25) is 9.59 Å². The third kappa shape index (κ3) is 4.03. The first-order valence-corrected chi connectivity index (χ1v) is 9.51. The summed E-state index contributed by atoms with van der Waals surface area (Å²) in [6, 6.07) is 8.58. The van der Waals surface area contributed by atoms with E-state index in [-0.39, 0.29) is 17.9 Å². The number of nitrogens with zero attached hydrogens (tertiary/aromatic N) is 1. The molecular formula is C18H20ClN3O2S. The fourth-order valence-corrected chi connectivity index (χ4v) is 3.81. The lowest BCUT2D eigenvalue weighted by Crippen LogP contribution is -2.47. The molecule has 1 aromatic heterocycles. The van der Waals surface area contributed by atoms with Gasteiger partial charge in [0.25, 0.3) is 11.8 Å². The van der Waals surface area contributed by atoms with Gasteiger partial charge >= 0.3 is 0 Å². The summed E-state index contributed by atoms with van der Waals surface area (Å²) in [6.07, 6.45) is 3.00. The number of hydrogen-bond acceptors (Lipinski definition) is 4. The van der Waals surface area contributed by atoms with Crippen molar-refractivity contribution in [3.05, 3.63) is 51.2 Å². The van der Waals surface area contributed by atoms with Crippen LogP contribution in [0.4, 0.5) is 5.69 Å². The number of carbonyl (C=O) groups excluding carboxylic acids is 2. The highest BCUT2D eigenvalue weighted by molar-refractivity contribution is 7.12. The molecule has 1 saturated heterocycles. The molecule has 7 heteroatoms. The molecule has 1 aliphatic rings. The fraction of sp³-hybridized carbons (Fsp3) is 0.333. The lowest BCUT2D eigenvalue weighted by atomic mass is 10.0. The number of carbonyl (C=O) groups is 2. The Kier molecular flexibility index (Phi) is 5.73. The van der Waals surface area contributed by atoms with E-state index in [0.717, 1.165) is 19.3 Å². The van der Waals surface area contributed by atoms with Gasteiger partial charge in [-0.1, -0.05) is 17.7 Å². The number of likely N-dealkylation sites (tertiary alicyclic amines) is 1. The average molecular weight is 378 g/mol. The molecule has 1 aromatic carbocycles. The third-order valence-corrected chi connectivity index (χ3v) is 5.56. The molecule has 5 nitrogen and oxygen atoms in total. The standard InChI is InChI=1S/C18H20ClN3O2S/c19-14-7-6-12(18(24)22-8-2-1-4-13(22)11-20)10-15(14)21-17(23)16-5-3-9-25-16/h3,5-7,9-10,13H,1-2,4,8,11,20H2,(H,21,23). The van der Waals surface area contributed by atoms with Crippen LogP contribution in [0, 0.1) is 0 Å². The number of anilines is 1. The predicted octanol–water partition coefficient (Wildman–Crippen LogP) is 3.61. The second-order valence-electron chi connectivity index (χ2n) is 6.01. The molecule has 3 rings (SSSR count). The topological polar surface area (TPSA) is 75.4 Å². The maximum atomic E-state index is 12.9. The Bertz CT molecular complexity index is 764. The molecule has 0 bridgehead atoms. The normalized spacial score (nSPS) is 17.4. The number of hydrogen-bond donors (Lipinski definition) is 2. The first-order valence-electron chi connectivity index (χ1n) is 8.25. The van der Waals surface area contributed by atoms with Crippen LogP contribution in [0.5, 0.6) is 0 Å². The zero-order valence-electron chi connectivity index (χ0n) is 13.7. The van der Waals surface area contributed by atoms with E-state index in [0.29, 0.717) is 34.2 Å². The lowest BCUT2D eigenvalue weighted by Gasteiger charge is -2.35. The zero-order valence-corrected chi connectivity index (χ0v) is 15.3. The van der Waals surface area contributed by atoms with Crippen LogP contribution < -0.4 is 11.1 Å². The quantitative estimate of drug-likeness (QED) is 0.854. The molecule has 25 heavy (non-hydrogen) atoms. The van der Waals surface area contributed by atoms with E-state index in [2.05, 4.69) is 5.32 Å². The Morgan fingerprint density at radius 2 is 2.16 bits per heavy atom. The van der Waals surface area contributed by atoms with Crippen LogP contribution in [-0.2, 0) is 0 Å². The molecule has 1 fully saturated rings. The first kappa shape index (κ1) is 17.9. The Morgan fingerprint density at radius 3 is 2.88 bits per heavy atom. The van der Waals surface area contributed by atoms with Gasteiger partial charge in [-0.2, -0.15) is 0 Å². The molecule has 2 amide bonds. The summed E-state index contributed by atoms with van der Waals surface area (Å²) in [5.74, 6) is -0.308. The van der Waals surface area contributed by atoms with Crippen LogP contribution in [0.25, 0.3) is 0 Å². The highest BCUT2D eigenvalue weighted by atomic mass is 35.5. The van der Waals surface area contributed by atoms with Gasteiger partial charge in [0.2, 0.25) is 0 Å². The lowest BCUT2D eigenvalue weighted by molar-refractivity contribution is 0.0623. The van der Waals surface area contributed by atoms with Gasteiger partial charge in [-0.05, 0) is 48.9 Å². The SMILES string of the molecule is NCC1CCCCN1C(=O)c1ccc(Cl)c(NC(=O)c2cccs2)c1. The number of halogens is 1. The van der Waals surface area contributed by atoms with E-state index in [1.165, 1.54) is 11.3 Å². The minimum atomic E-state index is -0.237. The van der Waals surface area contributed by atoms with Crippen molar-refractivity contribution >= 4 is 40.4 Å². The third-order valence-electron chi connectivity index (χ3n) is 4.37. The van der Waals surface area contributed by atoms with Crippen LogP contribution >= 0.6 is 22.9 Å². The highest BCUT2D eigenvalue weighted by Gasteiger charge is 2.26. The van der Waals surface area contributed by atoms with Crippen molar-refractivity contribution in [3.8, 4) is 0 Å². The molecule has 132 valence electrons. The van der Waals surface area contributed by atoms with Crippen molar-refractivity contribution in [2.75, 3.05) is 18.4 Å². The van der Waals surface area contributed by atoms with Crippen molar-refractivity contribution in [1.29, 1.82) is 0 Å². The molecule has 2 heterocycles. The maximum absolute atomic E-state index is 12.9. The van der Waals surface area contributed by atoms with Gasteiger partial charge < -0.3 is 16.0 Å². The maximum Gasteiger partial charge on any atom is 0.265 e. The summed E-state index contributed by atoms with van der Waals surface area (Å²) < 4.78 is 0. The molecule has 3 N–H and O–H groups in total. The summed E-state index contributed by atoms with van der Waals surface area (Å²) in [6.45, 7) is 1.17. The smallest absolute Gasteiger partial charge is 0.265 e. The first-order chi connectivity index (χ1) is 12.1. The Hall–Kier alpha value is -1.89. The van der Waals surface area contributed by atoms with Crippen molar-refractivity contribution in [2.45, 2.75) is 25.3 Å². The molecule has 1 unspecified atom stereocenters. The van der Waals surface area contributed by atoms with Gasteiger partial charge in [0.15, 0.2) is 0 Å². The fourth-order valence-electron chi connectivity index (χ4n) is 3.02. The highest BCUT2D eigenvalue weighted by Crippen LogP contribution is 2.26. The average Bonchev–Trinajstić information content (AvgIpc) is 3.17. The number of nitrogens with one attached hydrogen (secondary N) is 1. The van der Waals surface area contributed by atoms with Gasteiger partial charge in [-0.15, -0.1) is 11.3 Å². The molecule has 0 spiro atoms. The summed E-state index contributed by atoms with van der Waals surface area (Å²) in [5.41, 5.74) is 6.76. The van der Waals surface area contributed by atoms with Crippen molar-refractivity contribution in [2.24, 2.45) is 5.73 Å². The van der Waals surface area contributed by atoms with Crippen molar-refractivity contribution < 1.29 is 9.59 Å². The number of nitrogens with two attached hydrogens (primary N) is 1. The number of thiophene rings is 1. The summed E-state index contributed by atoms with van der Waals surface area (Å²) in [4.78, 5) is 27.5. The largest absolute Gasteiger partial charge is 0.334 e. The number of amides is 2. The van der Waals surface area contributed by atoms with Crippen LogP contribution in [0.3, 0.4) is 0 Å².